The number of methoxy groups -OCH3 is 2. The number of benzene rings is 1. The van der Waals surface area contributed by atoms with Crippen LogP contribution < -0.4 is 20.1 Å². The van der Waals surface area contributed by atoms with Crippen LogP contribution in [-0.4, -0.2) is 49.6 Å². The summed E-state index contributed by atoms with van der Waals surface area (Å²) in [6.45, 7) is 0.717. The van der Waals surface area contributed by atoms with E-state index in [0.29, 0.717) is 35.8 Å². The van der Waals surface area contributed by atoms with Gasteiger partial charge in [-0.3, -0.25) is 14.5 Å². The first-order chi connectivity index (χ1) is 14.5. The first-order valence-electron chi connectivity index (χ1n) is 10.3. The molecule has 4 amide bonds. The molecule has 1 aromatic carbocycles. The Kier molecular flexibility index (Phi) is 5.65. The number of rotatable bonds is 8. The van der Waals surface area contributed by atoms with E-state index in [0.717, 1.165) is 16.9 Å². The van der Waals surface area contributed by atoms with Crippen LogP contribution in [0.2, 0.25) is 0 Å². The van der Waals surface area contributed by atoms with E-state index in [-0.39, 0.29) is 18.9 Å². The molecule has 30 heavy (non-hydrogen) atoms. The lowest BCUT2D eigenvalue weighted by atomic mass is 9.93. The monoisotopic (exact) mass is 413 g/mol. The van der Waals surface area contributed by atoms with Crippen LogP contribution in [0.4, 0.5) is 4.79 Å². The third kappa shape index (κ3) is 3.99. The lowest BCUT2D eigenvalue weighted by Gasteiger charge is -2.19. The maximum atomic E-state index is 12.7. The maximum absolute atomic E-state index is 12.7. The van der Waals surface area contributed by atoms with Crippen molar-refractivity contribution in [3.05, 3.63) is 35.9 Å². The Balaban J connectivity index is 1.31. The SMILES string of the molecule is COc1ccc(CN2C(=O)N[C@@H](CC(=O)NCC3CC4C=CC3C4)C2=O)cc1OC. The summed E-state index contributed by atoms with van der Waals surface area (Å²) in [4.78, 5) is 38.5. The highest BCUT2D eigenvalue weighted by Gasteiger charge is 2.40. The molecule has 2 fully saturated rings. The number of urea groups is 1. The zero-order valence-electron chi connectivity index (χ0n) is 17.2. The zero-order valence-corrected chi connectivity index (χ0v) is 17.2. The van der Waals surface area contributed by atoms with Crippen molar-refractivity contribution in [2.45, 2.75) is 31.8 Å². The minimum atomic E-state index is -0.836. The van der Waals surface area contributed by atoms with E-state index in [1.807, 2.05) is 0 Å². The number of fused-ring (bicyclic) bond motifs is 2. The molecule has 3 unspecified atom stereocenters. The van der Waals surface area contributed by atoms with E-state index in [9.17, 15) is 14.4 Å². The van der Waals surface area contributed by atoms with Gasteiger partial charge in [-0.05, 0) is 48.3 Å². The molecule has 2 aliphatic carbocycles. The molecule has 0 radical (unpaired) electrons. The van der Waals surface area contributed by atoms with Crippen LogP contribution in [0.15, 0.2) is 30.4 Å². The van der Waals surface area contributed by atoms with E-state index < -0.39 is 18.0 Å². The second-order valence-electron chi connectivity index (χ2n) is 8.16. The van der Waals surface area contributed by atoms with Crippen LogP contribution >= 0.6 is 0 Å². The molecule has 1 saturated carbocycles. The first kappa shape index (κ1) is 20.3. The minimum absolute atomic E-state index is 0.0519. The summed E-state index contributed by atoms with van der Waals surface area (Å²) in [5.41, 5.74) is 0.727. The van der Waals surface area contributed by atoms with Crippen LogP contribution in [0.5, 0.6) is 11.5 Å². The third-order valence-corrected chi connectivity index (χ3v) is 6.26. The number of allylic oxidation sites excluding steroid dienone is 2. The van der Waals surface area contributed by atoms with Crippen LogP contribution in [0, 0.1) is 17.8 Å². The summed E-state index contributed by atoms with van der Waals surface area (Å²) < 4.78 is 10.5. The predicted molar refractivity (Wildman–Crippen MR) is 109 cm³/mol. The van der Waals surface area contributed by atoms with Gasteiger partial charge in [0, 0.05) is 6.54 Å². The van der Waals surface area contributed by atoms with Crippen LogP contribution in [0.25, 0.3) is 0 Å². The van der Waals surface area contributed by atoms with Gasteiger partial charge in [0.05, 0.1) is 27.2 Å². The molecule has 2 N–H and O–H groups in total. The number of carbonyl (C=O) groups excluding carboxylic acids is 3. The van der Waals surface area contributed by atoms with Gasteiger partial charge in [-0.25, -0.2) is 4.79 Å². The third-order valence-electron chi connectivity index (χ3n) is 6.26. The Bertz CT molecular complexity index is 884. The number of carbonyl (C=O) groups is 3. The van der Waals surface area contributed by atoms with Gasteiger partial charge in [-0.1, -0.05) is 18.2 Å². The normalized spacial score (nSPS) is 26.8. The van der Waals surface area contributed by atoms with Gasteiger partial charge in [0.2, 0.25) is 5.91 Å². The summed E-state index contributed by atoms with van der Waals surface area (Å²) in [6.07, 6.45) is 6.76. The van der Waals surface area contributed by atoms with Gasteiger partial charge in [0.1, 0.15) is 6.04 Å². The predicted octanol–water partition coefficient (Wildman–Crippen LogP) is 1.84. The fraction of sp³-hybridized carbons (Fsp3) is 0.500. The highest BCUT2D eigenvalue weighted by Crippen LogP contribution is 2.42. The average molecular weight is 413 g/mol. The summed E-state index contributed by atoms with van der Waals surface area (Å²) in [6, 6.07) is 3.89. The van der Waals surface area contributed by atoms with Crippen molar-refractivity contribution >= 4 is 17.8 Å². The molecule has 1 aliphatic heterocycles. The Morgan fingerprint density at radius 3 is 2.63 bits per heavy atom. The fourth-order valence-corrected chi connectivity index (χ4v) is 4.66. The molecule has 3 aliphatic rings. The number of hydrogen-bond donors (Lipinski definition) is 2. The van der Waals surface area contributed by atoms with E-state index in [1.165, 1.54) is 13.5 Å². The molecule has 1 heterocycles. The van der Waals surface area contributed by atoms with Crippen molar-refractivity contribution in [2.75, 3.05) is 20.8 Å². The maximum Gasteiger partial charge on any atom is 0.325 e. The largest absolute Gasteiger partial charge is 0.493 e. The summed E-state index contributed by atoms with van der Waals surface area (Å²) in [7, 11) is 3.07. The molecule has 4 atom stereocenters. The number of hydrogen-bond acceptors (Lipinski definition) is 5. The Morgan fingerprint density at radius 1 is 1.17 bits per heavy atom. The quantitative estimate of drug-likeness (QED) is 0.501. The molecule has 8 heteroatoms. The van der Waals surface area contributed by atoms with Gasteiger partial charge < -0.3 is 20.1 Å². The van der Waals surface area contributed by atoms with E-state index in [1.54, 1.807) is 25.3 Å². The van der Waals surface area contributed by atoms with Crippen molar-refractivity contribution in [2.24, 2.45) is 17.8 Å². The molecule has 0 aromatic heterocycles. The smallest absolute Gasteiger partial charge is 0.325 e. The Morgan fingerprint density at radius 2 is 1.97 bits per heavy atom. The number of nitrogens with zero attached hydrogens (tertiary/aromatic N) is 1. The van der Waals surface area contributed by atoms with Crippen molar-refractivity contribution < 1.29 is 23.9 Å². The van der Waals surface area contributed by atoms with Gasteiger partial charge in [0.15, 0.2) is 11.5 Å². The fourth-order valence-electron chi connectivity index (χ4n) is 4.66. The van der Waals surface area contributed by atoms with Crippen molar-refractivity contribution in [1.82, 2.24) is 15.5 Å². The van der Waals surface area contributed by atoms with Crippen LogP contribution in [0.1, 0.15) is 24.8 Å². The topological polar surface area (TPSA) is 97.0 Å². The van der Waals surface area contributed by atoms with Crippen molar-refractivity contribution in [3.63, 3.8) is 0 Å². The second-order valence-corrected chi connectivity index (χ2v) is 8.16. The molecule has 1 aromatic rings. The molecular formula is C22H27N3O5. The standard InChI is InChI=1S/C22H27N3O5/c1-29-18-6-4-14(9-19(18)30-2)12-25-21(27)17(24-22(25)28)10-20(26)23-11-16-8-13-3-5-15(16)7-13/h3-6,9,13,15-17H,7-8,10-12H2,1-2H3,(H,23,26)(H,24,28)/t13?,15?,16?,17-/m0/s1. The highest BCUT2D eigenvalue weighted by molar-refractivity contribution is 6.05. The van der Waals surface area contributed by atoms with Gasteiger partial charge in [-0.2, -0.15) is 0 Å². The number of amides is 4. The van der Waals surface area contributed by atoms with E-state index >= 15 is 0 Å². The molecule has 160 valence electrons. The lowest BCUT2D eigenvalue weighted by Crippen LogP contribution is -2.38. The summed E-state index contributed by atoms with van der Waals surface area (Å²) >= 11 is 0. The molecule has 2 bridgehead atoms. The lowest BCUT2D eigenvalue weighted by molar-refractivity contribution is -0.131. The Labute approximate surface area is 175 Å². The van der Waals surface area contributed by atoms with Crippen molar-refractivity contribution in [3.8, 4) is 11.5 Å². The molecule has 0 spiro atoms. The number of nitrogens with one attached hydrogen (secondary N) is 2. The molecular weight excluding hydrogens is 386 g/mol. The van der Waals surface area contributed by atoms with E-state index in [2.05, 4.69) is 22.8 Å². The molecule has 1 saturated heterocycles. The second kappa shape index (κ2) is 8.38. The Hall–Kier alpha value is -3.03. The van der Waals surface area contributed by atoms with Gasteiger partial charge in [0.25, 0.3) is 5.91 Å². The van der Waals surface area contributed by atoms with Crippen molar-refractivity contribution in [1.29, 1.82) is 0 Å². The highest BCUT2D eigenvalue weighted by atomic mass is 16.5. The van der Waals surface area contributed by atoms with Gasteiger partial charge >= 0.3 is 6.03 Å². The zero-order chi connectivity index (χ0) is 21.3. The molecule has 4 rings (SSSR count). The minimum Gasteiger partial charge on any atom is -0.493 e. The first-order valence-corrected chi connectivity index (χ1v) is 10.3. The van der Waals surface area contributed by atoms with Gasteiger partial charge in [-0.15, -0.1) is 0 Å². The average Bonchev–Trinajstić information content (AvgIpc) is 3.44. The molecule has 8 nitrogen and oxygen atoms in total. The van der Waals surface area contributed by atoms with Crippen LogP contribution in [-0.2, 0) is 16.1 Å². The summed E-state index contributed by atoms with van der Waals surface area (Å²) in [5, 5.41) is 5.56. The summed E-state index contributed by atoms with van der Waals surface area (Å²) in [5.74, 6) is 2.16. The number of imide groups is 1. The van der Waals surface area contributed by atoms with Crippen LogP contribution in [0.3, 0.4) is 0 Å². The number of ether oxygens (including phenoxy) is 2. The van der Waals surface area contributed by atoms with E-state index in [4.69, 9.17) is 9.47 Å².